The van der Waals surface area contributed by atoms with Crippen molar-refractivity contribution in [3.8, 4) is 11.3 Å². The Kier molecular flexibility index (Phi) is 4.25. The van der Waals surface area contributed by atoms with E-state index in [1.807, 2.05) is 29.8 Å². The molecule has 27 heavy (non-hydrogen) atoms. The van der Waals surface area contributed by atoms with E-state index in [9.17, 15) is 4.79 Å². The van der Waals surface area contributed by atoms with Crippen LogP contribution in [-0.4, -0.2) is 38.0 Å². The second-order valence-electron chi connectivity index (χ2n) is 7.45. The Morgan fingerprint density at radius 2 is 2.04 bits per heavy atom. The number of nitrogens with zero attached hydrogens (tertiary/aromatic N) is 2. The van der Waals surface area contributed by atoms with Gasteiger partial charge in [-0.25, -0.2) is 4.79 Å². The second kappa shape index (κ2) is 6.48. The molecule has 0 spiro atoms. The zero-order valence-electron chi connectivity index (χ0n) is 16.2. The van der Waals surface area contributed by atoms with Crippen LogP contribution in [0.3, 0.4) is 0 Å². The van der Waals surface area contributed by atoms with Crippen molar-refractivity contribution < 1.29 is 13.9 Å². The first-order chi connectivity index (χ1) is 12.9. The van der Waals surface area contributed by atoms with Crippen molar-refractivity contribution in [3.05, 3.63) is 64.7 Å². The van der Waals surface area contributed by atoms with Crippen molar-refractivity contribution in [1.82, 2.24) is 9.78 Å². The molecule has 136 valence electrons. The average Bonchev–Trinajstić information content (AvgIpc) is 3.24. The average molecular weight is 360 g/mol. The molecule has 1 aliphatic carbocycles. The predicted molar refractivity (Wildman–Crippen MR) is 109 cm³/mol. The number of benzene rings is 1. The second-order valence-corrected chi connectivity index (χ2v) is 7.45. The standard InChI is InChI=1S/C20H22B2N2O3/c1-3-26-19(25)18-12(2)16-15(27-18)10-9-13-11-24(23-17(13)16)20(21,22)14-7-5-4-6-8-14/h4-8,11H,3,9-10,21-22H2,1-2H3. The molecule has 0 saturated carbocycles. The van der Waals surface area contributed by atoms with Crippen molar-refractivity contribution in [3.63, 3.8) is 0 Å². The van der Waals surface area contributed by atoms with E-state index in [2.05, 4.69) is 34.0 Å². The normalized spacial score (nSPS) is 13.1. The summed E-state index contributed by atoms with van der Waals surface area (Å²) in [5.74, 6) is 0.715. The van der Waals surface area contributed by atoms with Crippen molar-refractivity contribution in [2.24, 2.45) is 0 Å². The number of ether oxygens (including phenoxy) is 1. The van der Waals surface area contributed by atoms with Crippen LogP contribution in [0.5, 0.6) is 0 Å². The van der Waals surface area contributed by atoms with Gasteiger partial charge in [0.15, 0.2) is 0 Å². The van der Waals surface area contributed by atoms with E-state index in [0.29, 0.717) is 12.4 Å². The maximum absolute atomic E-state index is 12.2. The summed E-state index contributed by atoms with van der Waals surface area (Å²) in [6.07, 6.45) is 3.74. The molecule has 0 N–H and O–H groups in total. The number of rotatable bonds is 4. The number of aryl methyl sites for hydroxylation is 2. The van der Waals surface area contributed by atoms with E-state index in [0.717, 1.165) is 35.4 Å². The van der Waals surface area contributed by atoms with E-state index in [1.165, 1.54) is 11.1 Å². The van der Waals surface area contributed by atoms with E-state index < -0.39 is 5.97 Å². The van der Waals surface area contributed by atoms with Crippen LogP contribution in [-0.2, 0) is 22.9 Å². The summed E-state index contributed by atoms with van der Waals surface area (Å²) in [6.45, 7) is 4.03. The van der Waals surface area contributed by atoms with Gasteiger partial charge in [-0.3, -0.25) is 4.68 Å². The lowest BCUT2D eigenvalue weighted by Gasteiger charge is -2.26. The third-order valence-electron chi connectivity index (χ3n) is 5.38. The predicted octanol–water partition coefficient (Wildman–Crippen LogP) is 1.65. The number of hydrogen-bond acceptors (Lipinski definition) is 4. The Hall–Kier alpha value is -2.69. The van der Waals surface area contributed by atoms with Crippen LogP contribution in [0.25, 0.3) is 11.3 Å². The Bertz CT molecular complexity index is 1010. The highest BCUT2D eigenvalue weighted by molar-refractivity contribution is 6.39. The lowest BCUT2D eigenvalue weighted by atomic mass is 9.58. The quantitative estimate of drug-likeness (QED) is 0.525. The molecule has 0 amide bonds. The fourth-order valence-electron chi connectivity index (χ4n) is 3.77. The van der Waals surface area contributed by atoms with Gasteiger partial charge in [-0.05, 0) is 31.4 Å². The van der Waals surface area contributed by atoms with E-state index in [4.69, 9.17) is 14.3 Å². The molecule has 5 nitrogen and oxygen atoms in total. The molecule has 3 aromatic rings. The summed E-state index contributed by atoms with van der Waals surface area (Å²) in [5.41, 5.74) is 5.05. The minimum absolute atomic E-state index is 0.277. The number of furan rings is 1. The zero-order valence-corrected chi connectivity index (χ0v) is 16.2. The Morgan fingerprint density at radius 1 is 1.30 bits per heavy atom. The molecule has 2 aromatic heterocycles. The molecule has 0 radical (unpaired) electrons. The first kappa shape index (κ1) is 17.7. The smallest absolute Gasteiger partial charge is 0.374 e. The topological polar surface area (TPSA) is 57.3 Å². The van der Waals surface area contributed by atoms with Crippen LogP contribution in [0.2, 0.25) is 0 Å². The molecule has 2 heterocycles. The van der Waals surface area contributed by atoms with Gasteiger partial charge in [-0.15, -0.1) is 0 Å². The van der Waals surface area contributed by atoms with Crippen molar-refractivity contribution in [2.75, 3.05) is 6.61 Å². The number of hydrogen-bond donors (Lipinski definition) is 0. The Labute approximate surface area is 160 Å². The summed E-state index contributed by atoms with van der Waals surface area (Å²) in [6, 6.07) is 10.3. The summed E-state index contributed by atoms with van der Waals surface area (Å²) in [4.78, 5) is 12.2. The molecule has 7 heteroatoms. The van der Waals surface area contributed by atoms with E-state index in [1.54, 1.807) is 6.92 Å². The summed E-state index contributed by atoms with van der Waals surface area (Å²) < 4.78 is 13.0. The van der Waals surface area contributed by atoms with Gasteiger partial charge >= 0.3 is 5.97 Å². The maximum Gasteiger partial charge on any atom is 0.374 e. The van der Waals surface area contributed by atoms with Gasteiger partial charge in [0, 0.05) is 29.1 Å². The van der Waals surface area contributed by atoms with Crippen LogP contribution >= 0.6 is 0 Å². The number of carbonyl (C=O) groups is 1. The van der Waals surface area contributed by atoms with Gasteiger partial charge in [-0.2, -0.15) is 5.10 Å². The molecule has 0 fully saturated rings. The summed E-state index contributed by atoms with van der Waals surface area (Å²) >= 11 is 0. The third kappa shape index (κ3) is 2.82. The first-order valence-electron chi connectivity index (χ1n) is 9.37. The highest BCUT2D eigenvalue weighted by Crippen LogP contribution is 2.39. The Balaban J connectivity index is 1.79. The lowest BCUT2D eigenvalue weighted by Crippen LogP contribution is -2.36. The molecular weight excluding hydrogens is 338 g/mol. The van der Waals surface area contributed by atoms with E-state index in [-0.39, 0.29) is 5.34 Å². The summed E-state index contributed by atoms with van der Waals surface area (Å²) in [7, 11) is 4.32. The maximum atomic E-state index is 12.2. The molecule has 0 saturated heterocycles. The fraction of sp³-hybridized carbons (Fsp3) is 0.300. The van der Waals surface area contributed by atoms with Crippen molar-refractivity contribution in [2.45, 2.75) is 32.0 Å². The van der Waals surface area contributed by atoms with Crippen LogP contribution in [0.1, 0.15) is 39.9 Å². The number of fused-ring (bicyclic) bond motifs is 3. The molecule has 4 rings (SSSR count). The van der Waals surface area contributed by atoms with Crippen molar-refractivity contribution >= 4 is 21.7 Å². The highest BCUT2D eigenvalue weighted by Gasteiger charge is 2.32. The fourth-order valence-corrected chi connectivity index (χ4v) is 3.77. The molecule has 0 unspecified atom stereocenters. The van der Waals surface area contributed by atoms with Gasteiger partial charge in [0.05, 0.1) is 12.3 Å². The molecule has 1 aromatic carbocycles. The van der Waals surface area contributed by atoms with Gasteiger partial charge in [0.2, 0.25) is 5.76 Å². The minimum atomic E-state index is -0.407. The lowest BCUT2D eigenvalue weighted by molar-refractivity contribution is 0.0487. The van der Waals surface area contributed by atoms with Gasteiger partial charge in [0.1, 0.15) is 21.5 Å². The van der Waals surface area contributed by atoms with Crippen molar-refractivity contribution in [1.29, 1.82) is 0 Å². The zero-order chi connectivity index (χ0) is 19.2. The minimum Gasteiger partial charge on any atom is -0.460 e. The number of aromatic nitrogens is 2. The SMILES string of the molecule is BC(B)(c1ccccc1)n1cc2c(n1)-c1c(oc(C(=O)OCC)c1C)CC2. The van der Waals surface area contributed by atoms with Crippen LogP contribution < -0.4 is 0 Å². The monoisotopic (exact) mass is 360 g/mol. The summed E-state index contributed by atoms with van der Waals surface area (Å²) in [5, 5.41) is 4.65. The van der Waals surface area contributed by atoms with Crippen LogP contribution in [0.4, 0.5) is 0 Å². The van der Waals surface area contributed by atoms with Gasteiger partial charge < -0.3 is 9.15 Å². The number of esters is 1. The van der Waals surface area contributed by atoms with Gasteiger partial charge in [-0.1, -0.05) is 30.3 Å². The molecule has 0 bridgehead atoms. The van der Waals surface area contributed by atoms with E-state index >= 15 is 0 Å². The highest BCUT2D eigenvalue weighted by atomic mass is 16.5. The van der Waals surface area contributed by atoms with Gasteiger partial charge in [0.25, 0.3) is 0 Å². The van der Waals surface area contributed by atoms with Crippen LogP contribution in [0.15, 0.2) is 40.9 Å². The molecule has 0 aliphatic heterocycles. The largest absolute Gasteiger partial charge is 0.460 e. The number of carbonyl (C=O) groups excluding carboxylic acids is 1. The van der Waals surface area contributed by atoms with Crippen LogP contribution in [0, 0.1) is 6.92 Å². The third-order valence-corrected chi connectivity index (χ3v) is 5.38. The molecule has 0 atom stereocenters. The first-order valence-corrected chi connectivity index (χ1v) is 9.37. The Morgan fingerprint density at radius 3 is 2.74 bits per heavy atom. The molecular formula is C20H22B2N2O3. The molecule has 1 aliphatic rings.